The quantitative estimate of drug-likeness (QED) is 0.476. The molecule has 1 aromatic rings. The van der Waals surface area contributed by atoms with Gasteiger partial charge in [0.2, 0.25) is 0 Å². The maximum absolute atomic E-state index is 5.83. The van der Waals surface area contributed by atoms with Crippen LogP contribution in [0.2, 0.25) is 10.3 Å². The summed E-state index contributed by atoms with van der Waals surface area (Å²) in [6.07, 6.45) is 0.964. The van der Waals surface area contributed by atoms with Crippen molar-refractivity contribution in [2.45, 2.75) is 20.0 Å². The maximum atomic E-state index is 5.83. The molecule has 78 valence electrons. The summed E-state index contributed by atoms with van der Waals surface area (Å²) in [7, 11) is 0. The molecule has 1 aromatic heterocycles. The van der Waals surface area contributed by atoms with Gasteiger partial charge in [0.05, 0.1) is 3.57 Å². The number of aromatic nitrogens is 2. The van der Waals surface area contributed by atoms with Gasteiger partial charge in [-0.15, -0.1) is 0 Å². The van der Waals surface area contributed by atoms with E-state index in [2.05, 4.69) is 9.97 Å². The largest absolute Gasteiger partial charge is 0.373 e. The van der Waals surface area contributed by atoms with Crippen LogP contribution in [-0.4, -0.2) is 16.6 Å². The summed E-state index contributed by atoms with van der Waals surface area (Å²) in [6.45, 7) is 3.07. The Labute approximate surface area is 106 Å². The van der Waals surface area contributed by atoms with Crippen molar-refractivity contribution in [3.8, 4) is 0 Å². The molecule has 0 bridgehead atoms. The van der Waals surface area contributed by atoms with E-state index in [1.807, 2.05) is 29.5 Å². The number of hydrogen-bond acceptors (Lipinski definition) is 3. The van der Waals surface area contributed by atoms with E-state index in [1.54, 1.807) is 0 Å². The van der Waals surface area contributed by atoms with Crippen molar-refractivity contribution in [3.63, 3.8) is 0 Å². The molecule has 3 nitrogen and oxygen atoms in total. The van der Waals surface area contributed by atoms with Crippen LogP contribution in [0.1, 0.15) is 19.2 Å². The molecule has 1 rings (SSSR count). The van der Waals surface area contributed by atoms with Gasteiger partial charge in [-0.05, 0) is 29.0 Å². The molecule has 6 heteroatoms. The second-order valence-corrected chi connectivity index (χ2v) is 4.38. The van der Waals surface area contributed by atoms with E-state index in [0.29, 0.717) is 32.9 Å². The van der Waals surface area contributed by atoms with Crippen LogP contribution in [0.25, 0.3) is 0 Å². The predicted octanol–water partition coefficient (Wildman–Crippen LogP) is 3.31. The third-order valence-corrected chi connectivity index (χ3v) is 3.60. The van der Waals surface area contributed by atoms with Crippen molar-refractivity contribution < 1.29 is 4.74 Å². The molecule has 0 saturated carbocycles. The van der Waals surface area contributed by atoms with Gasteiger partial charge in [-0.25, -0.2) is 9.97 Å². The summed E-state index contributed by atoms with van der Waals surface area (Å²) in [5.74, 6) is 0.522. The van der Waals surface area contributed by atoms with Gasteiger partial charge in [-0.2, -0.15) is 0 Å². The van der Waals surface area contributed by atoms with Crippen LogP contribution >= 0.6 is 45.8 Å². The van der Waals surface area contributed by atoms with E-state index in [0.717, 1.165) is 6.42 Å². The zero-order valence-corrected chi connectivity index (χ0v) is 11.2. The topological polar surface area (TPSA) is 35.0 Å². The van der Waals surface area contributed by atoms with Crippen LogP contribution in [-0.2, 0) is 11.3 Å². The standard InChI is InChI=1S/C8H9Cl2IN2O/c1-2-3-14-4-5-12-7(9)6(11)8(10)13-5/h2-4H2,1H3. The van der Waals surface area contributed by atoms with E-state index in [9.17, 15) is 0 Å². The molecular formula is C8H9Cl2IN2O. The molecule has 0 aliphatic heterocycles. The molecule has 0 spiro atoms. The van der Waals surface area contributed by atoms with Crippen LogP contribution in [0.3, 0.4) is 0 Å². The fourth-order valence-electron chi connectivity index (χ4n) is 0.807. The molecule has 0 fully saturated rings. The van der Waals surface area contributed by atoms with Crippen LogP contribution in [0.4, 0.5) is 0 Å². The van der Waals surface area contributed by atoms with Crippen molar-refractivity contribution in [2.75, 3.05) is 6.61 Å². The first-order valence-corrected chi connectivity index (χ1v) is 5.93. The Balaban J connectivity index is 2.69. The Hall–Kier alpha value is 0.350. The highest BCUT2D eigenvalue weighted by molar-refractivity contribution is 14.1. The van der Waals surface area contributed by atoms with E-state index in [4.69, 9.17) is 27.9 Å². The van der Waals surface area contributed by atoms with Crippen LogP contribution in [0.5, 0.6) is 0 Å². The van der Waals surface area contributed by atoms with Gasteiger partial charge < -0.3 is 4.74 Å². The lowest BCUT2D eigenvalue weighted by Gasteiger charge is -2.04. The summed E-state index contributed by atoms with van der Waals surface area (Å²) in [5, 5.41) is 0.751. The molecule has 0 radical (unpaired) electrons. The summed E-state index contributed by atoms with van der Waals surface area (Å²) in [5.41, 5.74) is 0. The van der Waals surface area contributed by atoms with Crippen molar-refractivity contribution in [3.05, 3.63) is 19.7 Å². The van der Waals surface area contributed by atoms with Gasteiger partial charge in [0.15, 0.2) is 5.82 Å². The van der Waals surface area contributed by atoms with E-state index in [-0.39, 0.29) is 0 Å². The first-order chi connectivity index (χ1) is 6.65. The van der Waals surface area contributed by atoms with E-state index >= 15 is 0 Å². The fourth-order valence-corrected chi connectivity index (χ4v) is 1.47. The minimum Gasteiger partial charge on any atom is -0.373 e. The number of nitrogens with zero attached hydrogens (tertiary/aromatic N) is 2. The smallest absolute Gasteiger partial charge is 0.157 e. The summed E-state index contributed by atoms with van der Waals surface area (Å²) in [6, 6.07) is 0. The Morgan fingerprint density at radius 3 is 2.36 bits per heavy atom. The highest BCUT2D eigenvalue weighted by Crippen LogP contribution is 2.22. The lowest BCUT2D eigenvalue weighted by atomic mass is 10.5. The Kier molecular flexibility index (Phi) is 5.36. The van der Waals surface area contributed by atoms with Crippen molar-refractivity contribution >= 4 is 45.8 Å². The predicted molar refractivity (Wildman–Crippen MR) is 64.7 cm³/mol. The van der Waals surface area contributed by atoms with Crippen LogP contribution < -0.4 is 0 Å². The highest BCUT2D eigenvalue weighted by Gasteiger charge is 2.08. The molecule has 0 aliphatic rings. The van der Waals surface area contributed by atoms with E-state index in [1.165, 1.54) is 0 Å². The van der Waals surface area contributed by atoms with Crippen molar-refractivity contribution in [2.24, 2.45) is 0 Å². The molecule has 14 heavy (non-hydrogen) atoms. The van der Waals surface area contributed by atoms with Gasteiger partial charge in [0.25, 0.3) is 0 Å². The lowest BCUT2D eigenvalue weighted by molar-refractivity contribution is 0.116. The van der Waals surface area contributed by atoms with E-state index < -0.39 is 0 Å². The molecule has 0 amide bonds. The van der Waals surface area contributed by atoms with Crippen molar-refractivity contribution in [1.29, 1.82) is 0 Å². The van der Waals surface area contributed by atoms with Gasteiger partial charge in [0, 0.05) is 6.61 Å². The van der Waals surface area contributed by atoms with Crippen molar-refractivity contribution in [1.82, 2.24) is 9.97 Å². The molecule has 0 aromatic carbocycles. The van der Waals surface area contributed by atoms with Gasteiger partial charge >= 0.3 is 0 Å². The summed E-state index contributed by atoms with van der Waals surface area (Å²) < 4.78 is 5.95. The third kappa shape index (κ3) is 3.49. The molecule has 0 N–H and O–H groups in total. The molecule has 1 heterocycles. The third-order valence-electron chi connectivity index (χ3n) is 1.40. The maximum Gasteiger partial charge on any atom is 0.157 e. The number of rotatable bonds is 4. The number of ether oxygens (including phenoxy) is 1. The summed E-state index contributed by atoms with van der Waals surface area (Å²) in [4.78, 5) is 8.09. The first kappa shape index (κ1) is 12.4. The second kappa shape index (κ2) is 6.05. The van der Waals surface area contributed by atoms with Crippen LogP contribution in [0, 0.1) is 3.57 Å². The zero-order valence-electron chi connectivity index (χ0n) is 7.56. The first-order valence-electron chi connectivity index (χ1n) is 4.10. The molecule has 0 aliphatic carbocycles. The second-order valence-electron chi connectivity index (χ2n) is 2.59. The van der Waals surface area contributed by atoms with Gasteiger partial charge in [-0.1, -0.05) is 30.1 Å². The minimum atomic E-state index is 0.351. The van der Waals surface area contributed by atoms with Crippen LogP contribution in [0.15, 0.2) is 0 Å². The average molecular weight is 347 g/mol. The normalized spacial score (nSPS) is 10.6. The number of halogens is 3. The lowest BCUT2D eigenvalue weighted by Crippen LogP contribution is -2.02. The SMILES string of the molecule is CCCOCc1nc(Cl)c(I)c(Cl)n1. The monoisotopic (exact) mass is 346 g/mol. The Bertz CT molecular complexity index is 299. The fraction of sp³-hybridized carbons (Fsp3) is 0.500. The zero-order chi connectivity index (χ0) is 10.6. The Morgan fingerprint density at radius 1 is 1.29 bits per heavy atom. The van der Waals surface area contributed by atoms with Gasteiger partial charge in [-0.3, -0.25) is 0 Å². The Morgan fingerprint density at radius 2 is 1.86 bits per heavy atom. The number of hydrogen-bond donors (Lipinski definition) is 0. The summed E-state index contributed by atoms with van der Waals surface area (Å²) >= 11 is 13.7. The molecule has 0 atom stereocenters. The molecule has 0 unspecified atom stereocenters. The molecular weight excluding hydrogens is 338 g/mol. The van der Waals surface area contributed by atoms with Gasteiger partial charge in [0.1, 0.15) is 16.9 Å². The molecule has 0 saturated heterocycles. The minimum absolute atomic E-state index is 0.351. The average Bonchev–Trinajstić information content (AvgIpc) is 2.14. The highest BCUT2D eigenvalue weighted by atomic mass is 127.